The molecule has 0 aliphatic carbocycles. The molecule has 0 spiro atoms. The lowest BCUT2D eigenvalue weighted by Gasteiger charge is -2.14. The standard InChI is InChI=1S/C19H17N3OS/c1-13-7-15-10-22(11-16(15)9-20-13)18(23)8-17-12-24-19(21-17)14-5-3-2-4-6-14/h2-7,9,12H,8,10-11H2,1H3. The van der Waals surface area contributed by atoms with E-state index in [9.17, 15) is 4.79 Å². The Morgan fingerprint density at radius 1 is 1.21 bits per heavy atom. The van der Waals surface area contributed by atoms with Gasteiger partial charge in [0, 0.05) is 35.9 Å². The molecule has 0 atom stereocenters. The monoisotopic (exact) mass is 335 g/mol. The zero-order chi connectivity index (χ0) is 16.5. The zero-order valence-corrected chi connectivity index (χ0v) is 14.2. The molecule has 5 heteroatoms. The van der Waals surface area contributed by atoms with E-state index in [1.54, 1.807) is 11.3 Å². The molecule has 3 heterocycles. The van der Waals surface area contributed by atoms with Gasteiger partial charge in [-0.05, 0) is 24.1 Å². The first-order valence-corrected chi connectivity index (χ1v) is 8.79. The number of carbonyl (C=O) groups excluding carboxylic acids is 1. The number of hydrogen-bond donors (Lipinski definition) is 0. The van der Waals surface area contributed by atoms with Gasteiger partial charge in [-0.3, -0.25) is 9.78 Å². The number of amides is 1. The molecule has 120 valence electrons. The Balaban J connectivity index is 1.45. The van der Waals surface area contributed by atoms with E-state index in [-0.39, 0.29) is 5.91 Å². The summed E-state index contributed by atoms with van der Waals surface area (Å²) in [6, 6.07) is 12.1. The van der Waals surface area contributed by atoms with Gasteiger partial charge in [-0.25, -0.2) is 4.98 Å². The van der Waals surface area contributed by atoms with Crippen molar-refractivity contribution in [1.29, 1.82) is 0 Å². The van der Waals surface area contributed by atoms with Gasteiger partial charge in [-0.15, -0.1) is 11.3 Å². The van der Waals surface area contributed by atoms with Gasteiger partial charge < -0.3 is 4.90 Å². The third-order valence-electron chi connectivity index (χ3n) is 4.20. The minimum Gasteiger partial charge on any atom is -0.334 e. The van der Waals surface area contributed by atoms with E-state index < -0.39 is 0 Å². The van der Waals surface area contributed by atoms with E-state index in [2.05, 4.69) is 16.0 Å². The number of carbonyl (C=O) groups is 1. The highest BCUT2D eigenvalue weighted by molar-refractivity contribution is 7.13. The Bertz CT molecular complexity index is 889. The summed E-state index contributed by atoms with van der Waals surface area (Å²) in [6.45, 7) is 3.30. The predicted molar refractivity (Wildman–Crippen MR) is 94.5 cm³/mol. The molecule has 1 aromatic carbocycles. The molecule has 4 nitrogen and oxygen atoms in total. The second kappa shape index (κ2) is 6.17. The minimum atomic E-state index is 0.119. The van der Waals surface area contributed by atoms with E-state index in [0.717, 1.165) is 27.5 Å². The van der Waals surface area contributed by atoms with E-state index >= 15 is 0 Å². The Morgan fingerprint density at radius 2 is 2.00 bits per heavy atom. The Kier molecular flexibility index (Phi) is 3.86. The van der Waals surface area contributed by atoms with Crippen LogP contribution in [0.1, 0.15) is 22.5 Å². The molecule has 0 saturated heterocycles. The van der Waals surface area contributed by atoms with Crippen molar-refractivity contribution in [2.45, 2.75) is 26.4 Å². The molecule has 0 bridgehead atoms. The van der Waals surface area contributed by atoms with E-state index in [0.29, 0.717) is 19.5 Å². The molecule has 0 fully saturated rings. The second-order valence-corrected chi connectivity index (χ2v) is 6.89. The molecular formula is C19H17N3OS. The number of pyridine rings is 1. The number of nitrogens with zero attached hydrogens (tertiary/aromatic N) is 3. The van der Waals surface area contributed by atoms with Crippen LogP contribution in [0.2, 0.25) is 0 Å². The highest BCUT2D eigenvalue weighted by Gasteiger charge is 2.24. The van der Waals surface area contributed by atoms with Crippen molar-refractivity contribution in [3.8, 4) is 10.6 Å². The maximum absolute atomic E-state index is 12.6. The Labute approximate surface area is 144 Å². The zero-order valence-electron chi connectivity index (χ0n) is 13.4. The third-order valence-corrected chi connectivity index (χ3v) is 5.14. The Hall–Kier alpha value is -2.53. The second-order valence-electron chi connectivity index (χ2n) is 6.03. The molecule has 3 aromatic rings. The minimum absolute atomic E-state index is 0.119. The van der Waals surface area contributed by atoms with Crippen LogP contribution in [0.15, 0.2) is 48.0 Å². The largest absolute Gasteiger partial charge is 0.334 e. The van der Waals surface area contributed by atoms with Crippen molar-refractivity contribution in [2.75, 3.05) is 0 Å². The molecule has 2 aromatic heterocycles. The van der Waals surface area contributed by atoms with Gasteiger partial charge in [0.05, 0.1) is 12.1 Å². The van der Waals surface area contributed by atoms with E-state index in [4.69, 9.17) is 0 Å². The normalized spacial score (nSPS) is 13.1. The highest BCUT2D eigenvalue weighted by Crippen LogP contribution is 2.26. The summed E-state index contributed by atoms with van der Waals surface area (Å²) in [5, 5.41) is 2.94. The number of aryl methyl sites for hydroxylation is 1. The summed E-state index contributed by atoms with van der Waals surface area (Å²) in [4.78, 5) is 23.4. The molecule has 1 aliphatic heterocycles. The summed E-state index contributed by atoms with van der Waals surface area (Å²) in [5.74, 6) is 0.119. The van der Waals surface area contributed by atoms with E-state index in [1.807, 2.05) is 53.7 Å². The van der Waals surface area contributed by atoms with Crippen LogP contribution < -0.4 is 0 Å². The molecule has 0 saturated carbocycles. The Morgan fingerprint density at radius 3 is 2.83 bits per heavy atom. The number of hydrogen-bond acceptors (Lipinski definition) is 4. The topological polar surface area (TPSA) is 46.1 Å². The lowest BCUT2D eigenvalue weighted by Crippen LogP contribution is -2.27. The molecule has 0 unspecified atom stereocenters. The maximum atomic E-state index is 12.6. The van der Waals surface area contributed by atoms with Gasteiger partial charge >= 0.3 is 0 Å². The molecular weight excluding hydrogens is 318 g/mol. The lowest BCUT2D eigenvalue weighted by atomic mass is 10.2. The quantitative estimate of drug-likeness (QED) is 0.735. The lowest BCUT2D eigenvalue weighted by molar-refractivity contribution is -0.131. The fourth-order valence-corrected chi connectivity index (χ4v) is 3.77. The average Bonchev–Trinajstić information content (AvgIpc) is 3.22. The SMILES string of the molecule is Cc1cc2c(cn1)CN(C(=O)Cc1csc(-c3ccccc3)n1)C2. The number of benzene rings is 1. The van der Waals surface area contributed by atoms with Crippen LogP contribution in [-0.4, -0.2) is 20.8 Å². The number of thiazole rings is 1. The van der Waals surface area contributed by atoms with Gasteiger partial charge in [0.2, 0.25) is 5.91 Å². The fourth-order valence-electron chi connectivity index (χ4n) is 2.95. The average molecular weight is 335 g/mol. The van der Waals surface area contributed by atoms with Crippen LogP contribution in [0.5, 0.6) is 0 Å². The van der Waals surface area contributed by atoms with Gasteiger partial charge in [0.25, 0.3) is 0 Å². The summed E-state index contributed by atoms with van der Waals surface area (Å²) in [5.41, 5.74) is 5.29. The van der Waals surface area contributed by atoms with Crippen molar-refractivity contribution in [3.63, 3.8) is 0 Å². The molecule has 4 rings (SSSR count). The number of aromatic nitrogens is 2. The first-order valence-electron chi connectivity index (χ1n) is 7.91. The summed E-state index contributed by atoms with van der Waals surface area (Å²) < 4.78 is 0. The van der Waals surface area contributed by atoms with Crippen LogP contribution in [0.4, 0.5) is 0 Å². The molecule has 0 N–H and O–H groups in total. The molecule has 0 radical (unpaired) electrons. The number of fused-ring (bicyclic) bond motifs is 1. The van der Waals surface area contributed by atoms with Gasteiger partial charge in [0.1, 0.15) is 5.01 Å². The first kappa shape index (κ1) is 15.0. The van der Waals surface area contributed by atoms with Crippen molar-refractivity contribution in [3.05, 3.63) is 70.5 Å². The third kappa shape index (κ3) is 2.95. The van der Waals surface area contributed by atoms with Crippen LogP contribution in [-0.2, 0) is 24.3 Å². The smallest absolute Gasteiger partial charge is 0.229 e. The van der Waals surface area contributed by atoms with Crippen molar-refractivity contribution in [1.82, 2.24) is 14.9 Å². The van der Waals surface area contributed by atoms with Crippen LogP contribution in [0, 0.1) is 6.92 Å². The summed E-state index contributed by atoms with van der Waals surface area (Å²) in [7, 11) is 0. The van der Waals surface area contributed by atoms with Crippen LogP contribution in [0.25, 0.3) is 10.6 Å². The fraction of sp³-hybridized carbons (Fsp3) is 0.211. The van der Waals surface area contributed by atoms with E-state index in [1.165, 1.54) is 5.56 Å². The predicted octanol–water partition coefficient (Wildman–Crippen LogP) is 3.60. The van der Waals surface area contributed by atoms with Crippen molar-refractivity contribution >= 4 is 17.2 Å². The van der Waals surface area contributed by atoms with Crippen molar-refractivity contribution in [2.24, 2.45) is 0 Å². The molecule has 24 heavy (non-hydrogen) atoms. The molecule has 1 amide bonds. The van der Waals surface area contributed by atoms with Gasteiger partial charge in [-0.2, -0.15) is 0 Å². The summed E-state index contributed by atoms with van der Waals surface area (Å²) >= 11 is 1.58. The van der Waals surface area contributed by atoms with Crippen molar-refractivity contribution < 1.29 is 4.79 Å². The van der Waals surface area contributed by atoms with Gasteiger partial charge in [-0.1, -0.05) is 30.3 Å². The van der Waals surface area contributed by atoms with Crippen LogP contribution >= 0.6 is 11.3 Å². The molecule has 1 aliphatic rings. The van der Waals surface area contributed by atoms with Gasteiger partial charge in [0.15, 0.2) is 0 Å². The summed E-state index contributed by atoms with van der Waals surface area (Å²) in [6.07, 6.45) is 2.23. The first-order chi connectivity index (χ1) is 11.7. The maximum Gasteiger partial charge on any atom is 0.229 e. The number of rotatable bonds is 3. The van der Waals surface area contributed by atoms with Crippen LogP contribution in [0.3, 0.4) is 0 Å². The highest BCUT2D eigenvalue weighted by atomic mass is 32.1.